The number of hydrogen-bond donors (Lipinski definition) is 1. The van der Waals surface area contributed by atoms with E-state index in [0.29, 0.717) is 19.5 Å². The van der Waals surface area contributed by atoms with Gasteiger partial charge in [-0.1, -0.05) is 42.5 Å². The Bertz CT molecular complexity index is 675. The van der Waals surface area contributed by atoms with E-state index in [4.69, 9.17) is 0 Å². The molecule has 0 bridgehead atoms. The lowest BCUT2D eigenvalue weighted by atomic mass is 9.91. The topological polar surface area (TPSA) is 49.0 Å². The number of rotatable bonds is 5. The number of carbonyl (C=O) groups excluding carboxylic acids is 1. The number of unbranched alkanes of at least 4 members (excludes halogenated alkanes) is 1. The van der Waals surface area contributed by atoms with Crippen molar-refractivity contribution in [3.8, 4) is 0 Å². The Balaban J connectivity index is 1.74. The van der Waals surface area contributed by atoms with E-state index in [0.717, 1.165) is 24.2 Å². The molecule has 0 fully saturated rings. The van der Waals surface area contributed by atoms with E-state index >= 15 is 0 Å². The molecule has 23 heavy (non-hydrogen) atoms. The van der Waals surface area contributed by atoms with Crippen molar-refractivity contribution in [3.63, 3.8) is 0 Å². The minimum absolute atomic E-state index is 0.158. The number of amides is 1. The molecule has 0 spiro atoms. The van der Waals surface area contributed by atoms with Gasteiger partial charge in [0.15, 0.2) is 0 Å². The highest BCUT2D eigenvalue weighted by Crippen LogP contribution is 2.31. The third kappa shape index (κ3) is 3.52. The van der Waals surface area contributed by atoms with Crippen molar-refractivity contribution in [2.45, 2.75) is 38.6 Å². The summed E-state index contributed by atoms with van der Waals surface area (Å²) in [5, 5.41) is 0. The van der Waals surface area contributed by atoms with Gasteiger partial charge in [-0.15, -0.1) is 0 Å². The first-order chi connectivity index (χ1) is 11.3. The van der Waals surface area contributed by atoms with E-state index < -0.39 is 0 Å². The van der Waals surface area contributed by atoms with Crippen LogP contribution in [0.25, 0.3) is 0 Å². The number of H-pyrrole nitrogens is 1. The summed E-state index contributed by atoms with van der Waals surface area (Å²) in [5.41, 5.74) is 3.35. The lowest BCUT2D eigenvalue weighted by Crippen LogP contribution is -2.38. The largest absolute Gasteiger partial charge is 0.347 e. The van der Waals surface area contributed by atoms with Crippen molar-refractivity contribution in [3.05, 3.63) is 65.8 Å². The van der Waals surface area contributed by atoms with Gasteiger partial charge in [0.05, 0.1) is 24.3 Å². The van der Waals surface area contributed by atoms with E-state index in [1.807, 2.05) is 36.1 Å². The van der Waals surface area contributed by atoms with Gasteiger partial charge in [0.1, 0.15) is 0 Å². The molecule has 1 aromatic carbocycles. The monoisotopic (exact) mass is 309 g/mol. The Morgan fingerprint density at radius 3 is 3.00 bits per heavy atom. The number of aromatic amines is 1. The van der Waals surface area contributed by atoms with Gasteiger partial charge in [0.25, 0.3) is 0 Å². The Morgan fingerprint density at radius 1 is 1.39 bits per heavy atom. The second kappa shape index (κ2) is 7.27. The fourth-order valence-corrected chi connectivity index (χ4v) is 3.16. The SMILES string of the molecule is CC=CCCCC(=O)N1Cc2[nH]cnc2C(c2ccccc2)C1. The smallest absolute Gasteiger partial charge is 0.222 e. The number of benzene rings is 1. The molecular formula is C19H23N3O. The Hall–Kier alpha value is -2.36. The number of allylic oxidation sites excluding steroid dienone is 2. The van der Waals surface area contributed by atoms with E-state index in [-0.39, 0.29) is 11.8 Å². The molecule has 4 nitrogen and oxygen atoms in total. The molecule has 0 saturated heterocycles. The maximum Gasteiger partial charge on any atom is 0.222 e. The van der Waals surface area contributed by atoms with Crippen molar-refractivity contribution < 1.29 is 4.79 Å². The quantitative estimate of drug-likeness (QED) is 0.677. The molecule has 1 aliphatic rings. The van der Waals surface area contributed by atoms with Crippen LogP contribution in [0.1, 0.15) is 49.1 Å². The molecule has 3 rings (SSSR count). The van der Waals surface area contributed by atoms with Gasteiger partial charge < -0.3 is 9.88 Å². The van der Waals surface area contributed by atoms with Crippen molar-refractivity contribution in [1.29, 1.82) is 0 Å². The van der Waals surface area contributed by atoms with Crippen molar-refractivity contribution in [2.24, 2.45) is 0 Å². The third-order valence-corrected chi connectivity index (χ3v) is 4.39. The van der Waals surface area contributed by atoms with Crippen molar-refractivity contribution in [1.82, 2.24) is 14.9 Å². The molecule has 1 N–H and O–H groups in total. The van der Waals surface area contributed by atoms with Crippen LogP contribution in [0.2, 0.25) is 0 Å². The minimum atomic E-state index is 0.158. The average Bonchev–Trinajstić information content (AvgIpc) is 3.07. The predicted molar refractivity (Wildman–Crippen MR) is 91.0 cm³/mol. The standard InChI is InChI=1S/C19H23N3O/c1-2-3-4-8-11-18(23)22-12-16(15-9-6-5-7-10-15)19-17(13-22)20-14-21-19/h2-3,5-7,9-10,14,16H,4,8,11-13H2,1H3,(H,20,21). The second-order valence-electron chi connectivity index (χ2n) is 5.97. The summed E-state index contributed by atoms with van der Waals surface area (Å²) in [5.74, 6) is 0.390. The number of nitrogens with zero attached hydrogens (tertiary/aromatic N) is 2. The second-order valence-corrected chi connectivity index (χ2v) is 5.97. The van der Waals surface area contributed by atoms with Gasteiger partial charge in [0, 0.05) is 18.9 Å². The highest BCUT2D eigenvalue weighted by atomic mass is 16.2. The highest BCUT2D eigenvalue weighted by molar-refractivity contribution is 5.76. The van der Waals surface area contributed by atoms with Gasteiger partial charge in [-0.25, -0.2) is 4.98 Å². The molecule has 1 aliphatic heterocycles. The first kappa shape index (κ1) is 15.5. The molecule has 0 aliphatic carbocycles. The molecular weight excluding hydrogens is 286 g/mol. The molecule has 2 heterocycles. The highest BCUT2D eigenvalue weighted by Gasteiger charge is 2.30. The van der Waals surface area contributed by atoms with E-state index in [1.165, 1.54) is 5.56 Å². The first-order valence-corrected chi connectivity index (χ1v) is 8.25. The summed E-state index contributed by atoms with van der Waals surface area (Å²) in [7, 11) is 0. The molecule has 1 atom stereocenters. The number of fused-ring (bicyclic) bond motifs is 1. The van der Waals surface area contributed by atoms with Gasteiger partial charge in [-0.2, -0.15) is 0 Å². The number of carbonyl (C=O) groups is 1. The molecule has 120 valence electrons. The lowest BCUT2D eigenvalue weighted by molar-refractivity contribution is -0.132. The third-order valence-electron chi connectivity index (χ3n) is 4.39. The summed E-state index contributed by atoms with van der Waals surface area (Å²) < 4.78 is 0. The molecule has 0 saturated carbocycles. The van der Waals surface area contributed by atoms with E-state index in [9.17, 15) is 4.79 Å². The Kier molecular flexibility index (Phi) is 4.91. The van der Waals surface area contributed by atoms with Crippen LogP contribution in [0.15, 0.2) is 48.8 Å². The maximum absolute atomic E-state index is 12.5. The summed E-state index contributed by atoms with van der Waals surface area (Å²) in [6.07, 6.45) is 8.37. The predicted octanol–water partition coefficient (Wildman–Crippen LogP) is 3.63. The van der Waals surface area contributed by atoms with Gasteiger partial charge in [0.2, 0.25) is 5.91 Å². The van der Waals surface area contributed by atoms with Gasteiger partial charge >= 0.3 is 0 Å². The Labute approximate surface area is 137 Å². The summed E-state index contributed by atoms with van der Waals surface area (Å²) in [6, 6.07) is 10.3. The van der Waals surface area contributed by atoms with Crippen LogP contribution < -0.4 is 0 Å². The fraction of sp³-hybridized carbons (Fsp3) is 0.368. The first-order valence-electron chi connectivity index (χ1n) is 8.25. The molecule has 1 aromatic heterocycles. The minimum Gasteiger partial charge on any atom is -0.347 e. The Morgan fingerprint density at radius 2 is 2.22 bits per heavy atom. The number of aromatic nitrogens is 2. The normalized spacial score (nSPS) is 17.4. The molecule has 4 heteroatoms. The molecule has 2 aromatic rings. The van der Waals surface area contributed by atoms with Crippen LogP contribution in [0, 0.1) is 0 Å². The number of imidazole rings is 1. The van der Waals surface area contributed by atoms with E-state index in [2.05, 4.69) is 28.2 Å². The summed E-state index contributed by atoms with van der Waals surface area (Å²) in [4.78, 5) is 22.2. The van der Waals surface area contributed by atoms with Crippen molar-refractivity contribution in [2.75, 3.05) is 6.54 Å². The average molecular weight is 309 g/mol. The molecule has 1 amide bonds. The van der Waals surface area contributed by atoms with Crippen LogP contribution in [-0.4, -0.2) is 27.3 Å². The van der Waals surface area contributed by atoms with Crippen LogP contribution in [0.3, 0.4) is 0 Å². The zero-order valence-corrected chi connectivity index (χ0v) is 13.5. The fourth-order valence-electron chi connectivity index (χ4n) is 3.16. The summed E-state index contributed by atoms with van der Waals surface area (Å²) >= 11 is 0. The lowest BCUT2D eigenvalue weighted by Gasteiger charge is -2.32. The van der Waals surface area contributed by atoms with Crippen molar-refractivity contribution >= 4 is 5.91 Å². The number of hydrogen-bond acceptors (Lipinski definition) is 2. The van der Waals surface area contributed by atoms with Crippen LogP contribution in [0.5, 0.6) is 0 Å². The zero-order valence-electron chi connectivity index (χ0n) is 13.5. The van der Waals surface area contributed by atoms with Gasteiger partial charge in [-0.3, -0.25) is 4.79 Å². The maximum atomic E-state index is 12.5. The molecule has 1 unspecified atom stereocenters. The van der Waals surface area contributed by atoms with E-state index in [1.54, 1.807) is 6.33 Å². The van der Waals surface area contributed by atoms with Crippen LogP contribution in [0.4, 0.5) is 0 Å². The number of nitrogens with one attached hydrogen (secondary N) is 1. The molecule has 0 radical (unpaired) electrons. The zero-order chi connectivity index (χ0) is 16.1. The van der Waals surface area contributed by atoms with Gasteiger partial charge in [-0.05, 0) is 25.3 Å². The summed E-state index contributed by atoms with van der Waals surface area (Å²) in [6.45, 7) is 3.36. The van der Waals surface area contributed by atoms with Crippen LogP contribution in [-0.2, 0) is 11.3 Å². The van der Waals surface area contributed by atoms with Crippen LogP contribution >= 0.6 is 0 Å².